The van der Waals surface area contributed by atoms with Crippen LogP contribution in [-0.2, 0) is 13.1 Å². The maximum Gasteiger partial charge on any atom is 0.0448 e. The van der Waals surface area contributed by atoms with Gasteiger partial charge in [0.05, 0.1) is 0 Å². The van der Waals surface area contributed by atoms with Crippen molar-refractivity contribution in [3.63, 3.8) is 0 Å². The molecule has 0 aromatic carbocycles. The van der Waals surface area contributed by atoms with Gasteiger partial charge in [-0.15, -0.1) is 0 Å². The van der Waals surface area contributed by atoms with Crippen LogP contribution in [0.3, 0.4) is 0 Å². The molecular formula is C10H12N2. The van der Waals surface area contributed by atoms with E-state index in [1.165, 1.54) is 11.1 Å². The van der Waals surface area contributed by atoms with Gasteiger partial charge < -0.3 is 4.90 Å². The molecule has 0 atom stereocenters. The second kappa shape index (κ2) is 2.63. The highest BCUT2D eigenvalue weighted by Gasteiger charge is 2.17. The smallest absolute Gasteiger partial charge is 0.0448 e. The van der Waals surface area contributed by atoms with E-state index in [-0.39, 0.29) is 0 Å². The Morgan fingerprint density at radius 1 is 1.50 bits per heavy atom. The summed E-state index contributed by atoms with van der Waals surface area (Å²) in [7, 11) is 0. The average Bonchev–Trinajstić information content (AvgIpc) is 2.46. The maximum absolute atomic E-state index is 4.09. The van der Waals surface area contributed by atoms with Crippen LogP contribution in [0, 0.1) is 0 Å². The number of pyridine rings is 1. The second-order valence-corrected chi connectivity index (χ2v) is 3.24. The molecule has 1 aromatic rings. The van der Waals surface area contributed by atoms with Crippen LogP contribution in [-0.4, -0.2) is 9.88 Å². The molecule has 0 N–H and O–H groups in total. The van der Waals surface area contributed by atoms with Crippen molar-refractivity contribution < 1.29 is 0 Å². The van der Waals surface area contributed by atoms with Crippen molar-refractivity contribution in [2.75, 3.05) is 0 Å². The highest BCUT2D eigenvalue weighted by atomic mass is 15.1. The molecule has 1 aromatic heterocycles. The number of hydrogen-bond acceptors (Lipinski definition) is 2. The lowest BCUT2D eigenvalue weighted by atomic mass is 10.2. The van der Waals surface area contributed by atoms with Crippen molar-refractivity contribution >= 4 is 0 Å². The van der Waals surface area contributed by atoms with Crippen molar-refractivity contribution in [1.29, 1.82) is 0 Å². The number of fused-ring (bicyclic) bond motifs is 1. The SMILES string of the molecule is C=C(C)N1Cc2ccncc2C1. The van der Waals surface area contributed by atoms with Gasteiger partial charge in [0.15, 0.2) is 0 Å². The number of nitrogens with zero attached hydrogens (tertiary/aromatic N) is 2. The first-order valence-corrected chi connectivity index (χ1v) is 4.09. The van der Waals surface area contributed by atoms with E-state index in [1.54, 1.807) is 0 Å². The molecule has 2 rings (SSSR count). The van der Waals surface area contributed by atoms with Crippen LogP contribution >= 0.6 is 0 Å². The summed E-state index contributed by atoms with van der Waals surface area (Å²) in [6.07, 6.45) is 3.79. The van der Waals surface area contributed by atoms with Crippen molar-refractivity contribution in [3.8, 4) is 0 Å². The van der Waals surface area contributed by atoms with Gasteiger partial charge in [-0.3, -0.25) is 4.98 Å². The van der Waals surface area contributed by atoms with E-state index in [0.29, 0.717) is 0 Å². The predicted octanol–water partition coefficient (Wildman–Crippen LogP) is 1.93. The van der Waals surface area contributed by atoms with E-state index in [1.807, 2.05) is 19.3 Å². The van der Waals surface area contributed by atoms with Gasteiger partial charge in [0.25, 0.3) is 0 Å². The fourth-order valence-corrected chi connectivity index (χ4v) is 1.49. The van der Waals surface area contributed by atoms with E-state index < -0.39 is 0 Å². The Kier molecular flexibility index (Phi) is 1.61. The van der Waals surface area contributed by atoms with E-state index in [0.717, 1.165) is 18.8 Å². The van der Waals surface area contributed by atoms with Crippen LogP contribution in [0.4, 0.5) is 0 Å². The standard InChI is InChI=1S/C10H12N2/c1-8(2)12-6-9-3-4-11-5-10(9)7-12/h3-5H,1,6-7H2,2H3. The lowest BCUT2D eigenvalue weighted by molar-refractivity contribution is 0.365. The number of hydrogen-bond donors (Lipinski definition) is 0. The van der Waals surface area contributed by atoms with E-state index >= 15 is 0 Å². The molecule has 0 saturated heterocycles. The lowest BCUT2D eigenvalue weighted by Gasteiger charge is -2.16. The normalized spacial score (nSPS) is 14.6. The molecule has 0 bridgehead atoms. The third-order valence-electron chi connectivity index (χ3n) is 2.27. The molecule has 0 spiro atoms. The number of rotatable bonds is 1. The minimum absolute atomic E-state index is 0.971. The van der Waals surface area contributed by atoms with Gasteiger partial charge in [-0.1, -0.05) is 6.58 Å². The monoisotopic (exact) mass is 160 g/mol. The quantitative estimate of drug-likeness (QED) is 0.624. The molecule has 0 aliphatic carbocycles. The Morgan fingerprint density at radius 2 is 2.25 bits per heavy atom. The summed E-state index contributed by atoms with van der Waals surface area (Å²) >= 11 is 0. The zero-order chi connectivity index (χ0) is 8.55. The van der Waals surface area contributed by atoms with Gasteiger partial charge in [0.2, 0.25) is 0 Å². The van der Waals surface area contributed by atoms with E-state index in [4.69, 9.17) is 0 Å². The van der Waals surface area contributed by atoms with Gasteiger partial charge >= 0.3 is 0 Å². The molecule has 2 heterocycles. The molecule has 0 radical (unpaired) electrons. The second-order valence-electron chi connectivity index (χ2n) is 3.24. The summed E-state index contributed by atoms with van der Waals surface area (Å²) in [6, 6.07) is 2.08. The average molecular weight is 160 g/mol. The fraction of sp³-hybridized carbons (Fsp3) is 0.300. The zero-order valence-electron chi connectivity index (χ0n) is 7.25. The van der Waals surface area contributed by atoms with Gasteiger partial charge in [-0.05, 0) is 24.1 Å². The van der Waals surface area contributed by atoms with Crippen LogP contribution in [0.2, 0.25) is 0 Å². The van der Waals surface area contributed by atoms with Crippen LogP contribution in [0.15, 0.2) is 30.7 Å². The molecule has 0 amide bonds. The first-order valence-electron chi connectivity index (χ1n) is 4.09. The molecule has 0 saturated carbocycles. The number of allylic oxidation sites excluding steroid dienone is 1. The zero-order valence-corrected chi connectivity index (χ0v) is 7.25. The fourth-order valence-electron chi connectivity index (χ4n) is 1.49. The Balaban J connectivity index is 2.27. The van der Waals surface area contributed by atoms with Crippen LogP contribution < -0.4 is 0 Å². The molecule has 2 nitrogen and oxygen atoms in total. The Hall–Kier alpha value is -1.31. The van der Waals surface area contributed by atoms with Gasteiger partial charge in [0.1, 0.15) is 0 Å². The summed E-state index contributed by atoms with van der Waals surface area (Å²) in [4.78, 5) is 6.35. The van der Waals surface area contributed by atoms with Crippen LogP contribution in [0.5, 0.6) is 0 Å². The summed E-state index contributed by atoms with van der Waals surface area (Å²) in [6.45, 7) is 7.93. The van der Waals surface area contributed by atoms with Crippen molar-refractivity contribution in [2.24, 2.45) is 0 Å². The van der Waals surface area contributed by atoms with Crippen molar-refractivity contribution in [3.05, 3.63) is 41.9 Å². The lowest BCUT2D eigenvalue weighted by Crippen LogP contribution is -2.12. The summed E-state index contributed by atoms with van der Waals surface area (Å²) in [5.74, 6) is 0. The van der Waals surface area contributed by atoms with E-state index in [9.17, 15) is 0 Å². The molecule has 0 unspecified atom stereocenters. The maximum atomic E-state index is 4.09. The predicted molar refractivity (Wildman–Crippen MR) is 48.3 cm³/mol. The molecule has 1 aliphatic heterocycles. The van der Waals surface area contributed by atoms with Gasteiger partial charge in [0, 0.05) is 31.2 Å². The van der Waals surface area contributed by atoms with Crippen molar-refractivity contribution in [1.82, 2.24) is 9.88 Å². The van der Waals surface area contributed by atoms with Crippen molar-refractivity contribution in [2.45, 2.75) is 20.0 Å². The summed E-state index contributed by atoms with van der Waals surface area (Å²) in [5, 5.41) is 0. The van der Waals surface area contributed by atoms with Crippen LogP contribution in [0.1, 0.15) is 18.1 Å². The third-order valence-corrected chi connectivity index (χ3v) is 2.27. The van der Waals surface area contributed by atoms with E-state index in [2.05, 4.69) is 22.5 Å². The largest absolute Gasteiger partial charge is 0.367 e. The summed E-state index contributed by atoms with van der Waals surface area (Å²) < 4.78 is 0. The number of aromatic nitrogens is 1. The molecule has 0 fully saturated rings. The Morgan fingerprint density at radius 3 is 2.92 bits per heavy atom. The highest BCUT2D eigenvalue weighted by Crippen LogP contribution is 2.23. The Bertz CT molecular complexity index is 292. The molecule has 2 heteroatoms. The first-order chi connectivity index (χ1) is 5.77. The third kappa shape index (κ3) is 1.09. The Labute approximate surface area is 72.5 Å². The highest BCUT2D eigenvalue weighted by molar-refractivity contribution is 5.28. The molecular weight excluding hydrogens is 148 g/mol. The minimum atomic E-state index is 0.971. The first kappa shape index (κ1) is 7.35. The molecule has 62 valence electrons. The van der Waals surface area contributed by atoms with Crippen LogP contribution in [0.25, 0.3) is 0 Å². The van der Waals surface area contributed by atoms with Gasteiger partial charge in [-0.2, -0.15) is 0 Å². The summed E-state index contributed by atoms with van der Waals surface area (Å²) in [5.41, 5.74) is 3.85. The molecule has 12 heavy (non-hydrogen) atoms. The molecule has 1 aliphatic rings. The topological polar surface area (TPSA) is 16.1 Å². The minimum Gasteiger partial charge on any atom is -0.367 e. The van der Waals surface area contributed by atoms with Gasteiger partial charge in [-0.25, -0.2) is 0 Å².